The number of carbonyl (C=O) groups is 2. The highest BCUT2D eigenvalue weighted by Gasteiger charge is 2.21. The maximum atomic E-state index is 12.4. The molecule has 1 heterocycles. The van der Waals surface area contributed by atoms with E-state index in [1.54, 1.807) is 27.7 Å². The maximum absolute atomic E-state index is 12.4. The summed E-state index contributed by atoms with van der Waals surface area (Å²) >= 11 is 6.34. The van der Waals surface area contributed by atoms with Gasteiger partial charge in [-0.3, -0.25) is 4.79 Å². The highest BCUT2D eigenvalue weighted by Crippen LogP contribution is 2.23. The van der Waals surface area contributed by atoms with Gasteiger partial charge in [0.15, 0.2) is 0 Å². The lowest BCUT2D eigenvalue weighted by Gasteiger charge is -2.19. The second-order valence-electron chi connectivity index (χ2n) is 6.68. The summed E-state index contributed by atoms with van der Waals surface area (Å²) in [6.07, 6.45) is -0.530. The molecule has 2 rings (SSSR count). The molecule has 0 radical (unpaired) electrons. The minimum Gasteiger partial charge on any atom is -0.444 e. The lowest BCUT2D eigenvalue weighted by molar-refractivity contribution is 0.0526. The Hall–Kier alpha value is -2.54. The molecule has 0 unspecified atom stereocenters. The lowest BCUT2D eigenvalue weighted by atomic mass is 10.2. The van der Waals surface area contributed by atoms with Crippen molar-refractivity contribution in [1.29, 1.82) is 0 Å². The topological polar surface area (TPSA) is 85.3 Å². The van der Waals surface area contributed by atoms with Crippen molar-refractivity contribution in [3.8, 4) is 5.69 Å². The van der Waals surface area contributed by atoms with E-state index in [9.17, 15) is 9.59 Å². The molecule has 0 aliphatic rings. The first-order chi connectivity index (χ1) is 12.2. The number of ether oxygens (including phenoxy) is 1. The Morgan fingerprint density at radius 1 is 1.15 bits per heavy atom. The number of amides is 2. The van der Waals surface area contributed by atoms with Crippen molar-refractivity contribution < 1.29 is 14.3 Å². The molecular formula is C18H23ClN4O3. The van der Waals surface area contributed by atoms with E-state index in [1.165, 1.54) is 4.68 Å². The van der Waals surface area contributed by atoms with Crippen molar-refractivity contribution in [2.75, 3.05) is 13.1 Å². The van der Waals surface area contributed by atoms with Crippen molar-refractivity contribution in [2.24, 2.45) is 0 Å². The molecule has 2 amide bonds. The maximum Gasteiger partial charge on any atom is 0.407 e. The minimum absolute atomic E-state index is 0.240. The van der Waals surface area contributed by atoms with Gasteiger partial charge in [0.05, 0.1) is 16.9 Å². The summed E-state index contributed by atoms with van der Waals surface area (Å²) in [5.41, 5.74) is 1.04. The summed E-state index contributed by atoms with van der Waals surface area (Å²) in [4.78, 5) is 24.0. The molecule has 2 aromatic rings. The second-order valence-corrected chi connectivity index (χ2v) is 7.04. The molecule has 0 saturated carbocycles. The number of hydrogen-bond donors (Lipinski definition) is 2. The van der Waals surface area contributed by atoms with Gasteiger partial charge in [0.2, 0.25) is 0 Å². The summed E-state index contributed by atoms with van der Waals surface area (Å²) in [6, 6.07) is 9.32. The van der Waals surface area contributed by atoms with Crippen LogP contribution in [0, 0.1) is 6.92 Å². The number of nitrogens with one attached hydrogen (secondary N) is 2. The van der Waals surface area contributed by atoms with Gasteiger partial charge in [0, 0.05) is 13.1 Å². The van der Waals surface area contributed by atoms with Crippen LogP contribution in [0.3, 0.4) is 0 Å². The fraction of sp³-hybridized carbons (Fsp3) is 0.389. The molecule has 7 nitrogen and oxygen atoms in total. The fourth-order valence-electron chi connectivity index (χ4n) is 2.24. The molecule has 8 heteroatoms. The molecule has 0 spiro atoms. The molecule has 0 atom stereocenters. The van der Waals surface area contributed by atoms with E-state index in [2.05, 4.69) is 15.7 Å². The van der Waals surface area contributed by atoms with Crippen molar-refractivity contribution in [3.05, 3.63) is 46.7 Å². The van der Waals surface area contributed by atoms with Crippen LogP contribution in [0.4, 0.5) is 4.79 Å². The second kappa shape index (κ2) is 8.23. The van der Waals surface area contributed by atoms with Gasteiger partial charge in [-0.1, -0.05) is 29.8 Å². The number of para-hydroxylation sites is 1. The molecular weight excluding hydrogens is 356 g/mol. The molecule has 140 valence electrons. The van der Waals surface area contributed by atoms with Gasteiger partial charge in [-0.2, -0.15) is 5.10 Å². The van der Waals surface area contributed by atoms with Gasteiger partial charge in [-0.05, 0) is 39.8 Å². The zero-order valence-electron chi connectivity index (χ0n) is 15.3. The quantitative estimate of drug-likeness (QED) is 0.783. The number of carbonyl (C=O) groups excluding carboxylic acids is 2. The van der Waals surface area contributed by atoms with Crippen LogP contribution in [0.5, 0.6) is 0 Å². The Kier molecular flexibility index (Phi) is 6.26. The Balaban J connectivity index is 1.94. The number of rotatable bonds is 5. The van der Waals surface area contributed by atoms with Crippen molar-refractivity contribution in [3.63, 3.8) is 0 Å². The van der Waals surface area contributed by atoms with Crippen LogP contribution in [0.2, 0.25) is 5.15 Å². The van der Waals surface area contributed by atoms with Gasteiger partial charge < -0.3 is 15.4 Å². The molecule has 26 heavy (non-hydrogen) atoms. The molecule has 0 aliphatic carbocycles. The number of benzene rings is 1. The number of halogens is 1. The normalized spacial score (nSPS) is 11.1. The summed E-state index contributed by atoms with van der Waals surface area (Å²) in [5.74, 6) is -0.347. The van der Waals surface area contributed by atoms with Crippen LogP contribution in [0.1, 0.15) is 36.8 Å². The van der Waals surface area contributed by atoms with E-state index >= 15 is 0 Å². The summed E-state index contributed by atoms with van der Waals surface area (Å²) < 4.78 is 6.64. The number of hydrogen-bond acceptors (Lipinski definition) is 4. The van der Waals surface area contributed by atoms with Crippen LogP contribution >= 0.6 is 11.6 Å². The van der Waals surface area contributed by atoms with E-state index in [1.807, 2.05) is 30.3 Å². The number of aryl methyl sites for hydroxylation is 1. The Bertz CT molecular complexity index is 782. The third kappa shape index (κ3) is 5.23. The van der Waals surface area contributed by atoms with Gasteiger partial charge in [0.25, 0.3) is 5.91 Å². The van der Waals surface area contributed by atoms with E-state index in [-0.39, 0.29) is 24.1 Å². The Labute approximate surface area is 157 Å². The van der Waals surface area contributed by atoms with Crippen LogP contribution in [-0.4, -0.2) is 40.5 Å². The first-order valence-corrected chi connectivity index (χ1v) is 8.62. The summed E-state index contributed by atoms with van der Waals surface area (Å²) in [5, 5.41) is 9.87. The molecule has 2 N–H and O–H groups in total. The minimum atomic E-state index is -0.565. The zero-order chi connectivity index (χ0) is 19.3. The molecule has 0 fully saturated rings. The Morgan fingerprint density at radius 3 is 2.38 bits per heavy atom. The predicted molar refractivity (Wildman–Crippen MR) is 99.9 cm³/mol. The number of nitrogens with zero attached hydrogens (tertiary/aromatic N) is 2. The Morgan fingerprint density at radius 2 is 1.77 bits per heavy atom. The van der Waals surface area contributed by atoms with Crippen LogP contribution in [0.25, 0.3) is 5.69 Å². The first kappa shape index (κ1) is 19.8. The highest BCUT2D eigenvalue weighted by atomic mass is 35.5. The van der Waals surface area contributed by atoms with Crippen molar-refractivity contribution in [1.82, 2.24) is 20.4 Å². The lowest BCUT2D eigenvalue weighted by Crippen LogP contribution is -2.38. The number of alkyl carbamates (subject to hydrolysis) is 1. The third-order valence-corrected chi connectivity index (χ3v) is 3.66. The fourth-order valence-corrected chi connectivity index (χ4v) is 2.60. The van der Waals surface area contributed by atoms with Crippen molar-refractivity contribution >= 4 is 23.6 Å². The van der Waals surface area contributed by atoms with E-state index in [0.29, 0.717) is 11.3 Å². The zero-order valence-corrected chi connectivity index (χ0v) is 16.1. The van der Waals surface area contributed by atoms with Gasteiger partial charge >= 0.3 is 6.09 Å². The summed E-state index contributed by atoms with van der Waals surface area (Å²) in [6.45, 7) is 7.55. The molecule has 1 aromatic heterocycles. The average Bonchev–Trinajstić information content (AvgIpc) is 2.85. The van der Waals surface area contributed by atoms with Gasteiger partial charge in [-0.25, -0.2) is 9.48 Å². The highest BCUT2D eigenvalue weighted by molar-refractivity contribution is 6.33. The summed E-state index contributed by atoms with van der Waals surface area (Å²) in [7, 11) is 0. The van der Waals surface area contributed by atoms with E-state index in [4.69, 9.17) is 16.3 Å². The molecule has 1 aromatic carbocycles. The first-order valence-electron chi connectivity index (χ1n) is 8.24. The van der Waals surface area contributed by atoms with Crippen molar-refractivity contribution in [2.45, 2.75) is 33.3 Å². The van der Waals surface area contributed by atoms with E-state index in [0.717, 1.165) is 5.69 Å². The molecule has 0 aliphatic heterocycles. The van der Waals surface area contributed by atoms with E-state index < -0.39 is 11.7 Å². The van der Waals surface area contributed by atoms with Gasteiger partial charge in [-0.15, -0.1) is 0 Å². The predicted octanol–water partition coefficient (Wildman–Crippen LogP) is 3.09. The molecule has 0 saturated heterocycles. The van der Waals surface area contributed by atoms with Crippen LogP contribution in [-0.2, 0) is 4.74 Å². The SMILES string of the molecule is Cc1nn(-c2ccccc2)c(Cl)c1C(=O)NCCNC(=O)OC(C)(C)C. The van der Waals surface area contributed by atoms with Crippen LogP contribution in [0.15, 0.2) is 30.3 Å². The number of aromatic nitrogens is 2. The third-order valence-electron chi connectivity index (χ3n) is 3.31. The average molecular weight is 379 g/mol. The largest absolute Gasteiger partial charge is 0.444 e. The molecule has 0 bridgehead atoms. The van der Waals surface area contributed by atoms with Crippen LogP contribution < -0.4 is 10.6 Å². The smallest absolute Gasteiger partial charge is 0.407 e. The van der Waals surface area contributed by atoms with Gasteiger partial charge in [0.1, 0.15) is 10.8 Å². The monoisotopic (exact) mass is 378 g/mol. The standard InChI is InChI=1S/C18H23ClN4O3/c1-12-14(15(19)23(22-12)13-8-6-5-7-9-13)16(24)20-10-11-21-17(25)26-18(2,3)4/h5-9H,10-11H2,1-4H3,(H,20,24)(H,21,25).